The fourth-order valence-corrected chi connectivity index (χ4v) is 0.615. The van der Waals surface area contributed by atoms with E-state index in [-0.39, 0.29) is 12.2 Å². The molecule has 0 spiro atoms. The van der Waals surface area contributed by atoms with Crippen molar-refractivity contribution in [1.82, 2.24) is 0 Å². The molecule has 0 amide bonds. The molecule has 0 saturated carbocycles. The number of ether oxygens (including phenoxy) is 1. The summed E-state index contributed by atoms with van der Waals surface area (Å²) < 4.78 is 4.70. The van der Waals surface area contributed by atoms with Crippen molar-refractivity contribution in [3.05, 3.63) is 0 Å². The molecule has 0 aromatic heterocycles. The summed E-state index contributed by atoms with van der Waals surface area (Å²) in [6.07, 6.45) is 6.08. The molecule has 0 atom stereocenters. The number of hydrogen-bond donors (Lipinski definition) is 0. The second-order valence-corrected chi connectivity index (χ2v) is 2.41. The molecule has 0 radical (unpaired) electrons. The molecular formula is C9H12O3. The van der Waals surface area contributed by atoms with E-state index in [2.05, 4.69) is 5.92 Å². The minimum absolute atomic E-state index is 0.143. The first-order chi connectivity index (χ1) is 5.66. The van der Waals surface area contributed by atoms with Gasteiger partial charge in [-0.25, -0.2) is 0 Å². The summed E-state index contributed by atoms with van der Waals surface area (Å²) in [5.74, 6) is 1.77. The standard InChI is InChI=1S/C9H12O3/c1-3-4-5-6-12-9(11)7-8(2)10/h1H,4-7H2,2H3. The van der Waals surface area contributed by atoms with Crippen LogP contribution in [0.3, 0.4) is 0 Å². The van der Waals surface area contributed by atoms with Gasteiger partial charge >= 0.3 is 5.97 Å². The summed E-state index contributed by atoms with van der Waals surface area (Å²) in [6, 6.07) is 0. The monoisotopic (exact) mass is 168 g/mol. The van der Waals surface area contributed by atoms with Crippen molar-refractivity contribution in [3.8, 4) is 12.3 Å². The second-order valence-electron chi connectivity index (χ2n) is 2.41. The molecule has 0 bridgehead atoms. The van der Waals surface area contributed by atoms with Gasteiger partial charge in [-0.3, -0.25) is 9.59 Å². The Morgan fingerprint density at radius 2 is 2.17 bits per heavy atom. The van der Waals surface area contributed by atoms with E-state index in [1.54, 1.807) is 0 Å². The molecule has 0 rings (SSSR count). The Labute approximate surface area is 72.1 Å². The first-order valence-electron chi connectivity index (χ1n) is 3.75. The lowest BCUT2D eigenvalue weighted by Crippen LogP contribution is -2.09. The predicted octanol–water partition coefficient (Wildman–Crippen LogP) is 0.922. The Bertz CT molecular complexity index is 200. The number of terminal acetylenes is 1. The van der Waals surface area contributed by atoms with E-state index in [4.69, 9.17) is 11.2 Å². The first-order valence-corrected chi connectivity index (χ1v) is 3.75. The highest BCUT2D eigenvalue weighted by atomic mass is 16.5. The number of unbranched alkanes of at least 4 members (excludes halogenated alkanes) is 1. The number of hydrogen-bond acceptors (Lipinski definition) is 3. The van der Waals surface area contributed by atoms with Crippen molar-refractivity contribution in [2.75, 3.05) is 6.61 Å². The summed E-state index contributed by atoms with van der Waals surface area (Å²) in [4.78, 5) is 21.1. The number of Topliss-reactive ketones (excluding diaryl/α,β-unsaturated/α-hetero) is 1. The van der Waals surface area contributed by atoms with Crippen LogP contribution in [-0.2, 0) is 14.3 Å². The number of rotatable bonds is 5. The molecule has 3 nitrogen and oxygen atoms in total. The Kier molecular flexibility index (Phi) is 5.72. The molecule has 0 N–H and O–H groups in total. The molecule has 0 aromatic carbocycles. The van der Waals surface area contributed by atoms with Crippen LogP contribution >= 0.6 is 0 Å². The molecule has 12 heavy (non-hydrogen) atoms. The molecule has 66 valence electrons. The van der Waals surface area contributed by atoms with E-state index in [1.165, 1.54) is 6.92 Å². The fourth-order valence-electron chi connectivity index (χ4n) is 0.615. The highest BCUT2D eigenvalue weighted by molar-refractivity contribution is 5.94. The number of ketones is 1. The van der Waals surface area contributed by atoms with Crippen molar-refractivity contribution in [2.45, 2.75) is 26.2 Å². The molecule has 0 aliphatic carbocycles. The van der Waals surface area contributed by atoms with Crippen LogP contribution in [0.25, 0.3) is 0 Å². The lowest BCUT2D eigenvalue weighted by Gasteiger charge is -2.00. The zero-order chi connectivity index (χ0) is 9.40. The summed E-state index contributed by atoms with van der Waals surface area (Å²) in [5, 5.41) is 0. The summed E-state index contributed by atoms with van der Waals surface area (Å²) in [7, 11) is 0. The average molecular weight is 168 g/mol. The van der Waals surface area contributed by atoms with Gasteiger partial charge in [0.15, 0.2) is 0 Å². The third kappa shape index (κ3) is 6.81. The van der Waals surface area contributed by atoms with Crippen molar-refractivity contribution in [2.24, 2.45) is 0 Å². The highest BCUT2D eigenvalue weighted by Crippen LogP contribution is 1.92. The van der Waals surface area contributed by atoms with Crippen LogP contribution in [-0.4, -0.2) is 18.4 Å². The number of carbonyl (C=O) groups is 2. The SMILES string of the molecule is C#CCCCOC(=O)CC(C)=O. The van der Waals surface area contributed by atoms with E-state index < -0.39 is 5.97 Å². The lowest BCUT2D eigenvalue weighted by molar-refractivity contribution is -0.145. The van der Waals surface area contributed by atoms with Gasteiger partial charge in [0.2, 0.25) is 0 Å². The van der Waals surface area contributed by atoms with Gasteiger partial charge in [0, 0.05) is 6.42 Å². The zero-order valence-electron chi connectivity index (χ0n) is 7.13. The normalized spacial score (nSPS) is 8.67. The molecule has 0 aliphatic heterocycles. The summed E-state index contributed by atoms with van der Waals surface area (Å²) >= 11 is 0. The maximum Gasteiger partial charge on any atom is 0.313 e. The Hall–Kier alpha value is -1.30. The van der Waals surface area contributed by atoms with E-state index in [9.17, 15) is 9.59 Å². The van der Waals surface area contributed by atoms with E-state index >= 15 is 0 Å². The van der Waals surface area contributed by atoms with Crippen molar-refractivity contribution < 1.29 is 14.3 Å². The predicted molar refractivity (Wildman–Crippen MR) is 44.3 cm³/mol. The maximum atomic E-state index is 10.7. The molecule has 3 heteroatoms. The van der Waals surface area contributed by atoms with Crippen LogP contribution in [0.2, 0.25) is 0 Å². The zero-order valence-corrected chi connectivity index (χ0v) is 7.13. The van der Waals surface area contributed by atoms with E-state index in [1.807, 2.05) is 0 Å². The molecule has 0 unspecified atom stereocenters. The van der Waals surface area contributed by atoms with Crippen LogP contribution < -0.4 is 0 Å². The van der Waals surface area contributed by atoms with Gasteiger partial charge in [0.05, 0.1) is 6.61 Å². The largest absolute Gasteiger partial charge is 0.465 e. The van der Waals surface area contributed by atoms with Crippen LogP contribution in [0.4, 0.5) is 0 Å². The molecule has 0 aromatic rings. The van der Waals surface area contributed by atoms with Gasteiger partial charge in [0.25, 0.3) is 0 Å². The topological polar surface area (TPSA) is 43.4 Å². The van der Waals surface area contributed by atoms with E-state index in [0.717, 1.165) is 0 Å². The lowest BCUT2D eigenvalue weighted by atomic mass is 10.3. The Balaban J connectivity index is 3.33. The fraction of sp³-hybridized carbons (Fsp3) is 0.556. The minimum Gasteiger partial charge on any atom is -0.465 e. The third-order valence-corrected chi connectivity index (χ3v) is 1.12. The van der Waals surface area contributed by atoms with Crippen LogP contribution in [0.1, 0.15) is 26.2 Å². The maximum absolute atomic E-state index is 10.7. The molecule has 0 fully saturated rings. The third-order valence-electron chi connectivity index (χ3n) is 1.12. The molecular weight excluding hydrogens is 156 g/mol. The van der Waals surface area contributed by atoms with Crippen LogP contribution in [0.5, 0.6) is 0 Å². The number of carbonyl (C=O) groups excluding carboxylic acids is 2. The molecule has 0 saturated heterocycles. The average Bonchev–Trinajstić information content (AvgIpc) is 1.97. The Morgan fingerprint density at radius 1 is 1.50 bits per heavy atom. The second kappa shape index (κ2) is 6.41. The van der Waals surface area contributed by atoms with Gasteiger partial charge in [-0.2, -0.15) is 0 Å². The van der Waals surface area contributed by atoms with Gasteiger partial charge in [-0.1, -0.05) is 0 Å². The van der Waals surface area contributed by atoms with Crippen LogP contribution in [0.15, 0.2) is 0 Å². The van der Waals surface area contributed by atoms with Gasteiger partial charge < -0.3 is 4.74 Å². The van der Waals surface area contributed by atoms with Crippen molar-refractivity contribution in [1.29, 1.82) is 0 Å². The van der Waals surface area contributed by atoms with Crippen molar-refractivity contribution >= 4 is 11.8 Å². The molecule has 0 heterocycles. The number of esters is 1. The first kappa shape index (κ1) is 10.7. The highest BCUT2D eigenvalue weighted by Gasteiger charge is 2.04. The van der Waals surface area contributed by atoms with Gasteiger partial charge in [-0.15, -0.1) is 12.3 Å². The quantitative estimate of drug-likeness (QED) is 0.265. The van der Waals surface area contributed by atoms with Crippen LogP contribution in [0, 0.1) is 12.3 Å². The summed E-state index contributed by atoms with van der Waals surface area (Å²) in [6.45, 7) is 1.65. The minimum atomic E-state index is -0.473. The van der Waals surface area contributed by atoms with Gasteiger partial charge in [0.1, 0.15) is 12.2 Å². The smallest absolute Gasteiger partial charge is 0.313 e. The summed E-state index contributed by atoms with van der Waals surface area (Å²) in [5.41, 5.74) is 0. The Morgan fingerprint density at radius 3 is 2.67 bits per heavy atom. The van der Waals surface area contributed by atoms with E-state index in [0.29, 0.717) is 19.4 Å². The van der Waals surface area contributed by atoms with Crippen molar-refractivity contribution in [3.63, 3.8) is 0 Å². The molecule has 0 aliphatic rings. The van der Waals surface area contributed by atoms with Gasteiger partial charge in [-0.05, 0) is 13.3 Å².